The van der Waals surface area contributed by atoms with Crippen molar-refractivity contribution in [2.24, 2.45) is 0 Å². The van der Waals surface area contributed by atoms with E-state index in [4.69, 9.17) is 0 Å². The van der Waals surface area contributed by atoms with Gasteiger partial charge >= 0.3 is 4.87 Å². The number of hydrogen-bond acceptors (Lipinski definition) is 6. The van der Waals surface area contributed by atoms with Crippen LogP contribution in [0.4, 0.5) is 0 Å². The molecule has 0 saturated heterocycles. The van der Waals surface area contributed by atoms with Gasteiger partial charge in [-0.1, -0.05) is 22.7 Å². The van der Waals surface area contributed by atoms with Crippen LogP contribution in [0.15, 0.2) is 4.79 Å². The second-order valence-electron chi connectivity index (χ2n) is 3.85. The minimum atomic E-state index is -0.0272. The minimum absolute atomic E-state index is 0.0272. The van der Waals surface area contributed by atoms with Gasteiger partial charge in [0.05, 0.1) is 6.54 Å². The smallest absolute Gasteiger partial charge is 0.255 e. The average Bonchev–Trinajstić information content (AvgIpc) is 2.91. The summed E-state index contributed by atoms with van der Waals surface area (Å²) in [5.41, 5.74) is 0. The van der Waals surface area contributed by atoms with Gasteiger partial charge in [0.15, 0.2) is 0 Å². The van der Waals surface area contributed by atoms with E-state index in [1.165, 1.54) is 28.9 Å². The Morgan fingerprint density at radius 1 is 1.38 bits per heavy atom. The van der Waals surface area contributed by atoms with Crippen molar-refractivity contribution in [3.63, 3.8) is 0 Å². The Balaban J connectivity index is 1.82. The maximum Gasteiger partial charge on any atom is 0.325 e. The molecule has 2 aromatic heterocycles. The largest absolute Gasteiger partial charge is 0.325 e. The minimum Gasteiger partial charge on any atom is -0.255 e. The SMILES string of the molecule is Cc1nn(Cc2nnc(C3CC3)s2)c(=O)s1. The third-order valence-electron chi connectivity index (χ3n) is 2.40. The van der Waals surface area contributed by atoms with Crippen molar-refractivity contribution in [2.45, 2.75) is 32.2 Å². The van der Waals surface area contributed by atoms with Crippen LogP contribution >= 0.6 is 22.7 Å². The van der Waals surface area contributed by atoms with Gasteiger partial charge in [-0.25, -0.2) is 4.68 Å². The summed E-state index contributed by atoms with van der Waals surface area (Å²) in [5.74, 6) is 0.625. The van der Waals surface area contributed by atoms with Crippen LogP contribution in [0.1, 0.15) is 33.8 Å². The Morgan fingerprint density at radius 3 is 2.81 bits per heavy atom. The second-order valence-corrected chi connectivity index (χ2v) is 6.09. The monoisotopic (exact) mass is 254 g/mol. The van der Waals surface area contributed by atoms with Crippen LogP contribution in [0.3, 0.4) is 0 Å². The van der Waals surface area contributed by atoms with Gasteiger partial charge in [-0.05, 0) is 19.8 Å². The van der Waals surface area contributed by atoms with E-state index in [0.29, 0.717) is 12.5 Å². The van der Waals surface area contributed by atoms with Crippen LogP contribution in [0.2, 0.25) is 0 Å². The number of rotatable bonds is 3. The lowest BCUT2D eigenvalue weighted by Crippen LogP contribution is -2.15. The van der Waals surface area contributed by atoms with E-state index in [2.05, 4.69) is 15.3 Å². The molecule has 0 radical (unpaired) electrons. The molecule has 2 aromatic rings. The zero-order valence-electron chi connectivity index (χ0n) is 8.71. The van der Waals surface area contributed by atoms with Gasteiger partial charge in [-0.3, -0.25) is 4.79 Å². The number of hydrogen-bond donors (Lipinski definition) is 0. The fourth-order valence-electron chi connectivity index (χ4n) is 1.46. The lowest BCUT2D eigenvalue weighted by Gasteiger charge is -1.92. The first kappa shape index (κ1) is 10.1. The lowest BCUT2D eigenvalue weighted by molar-refractivity contribution is 0.651. The molecule has 1 fully saturated rings. The molecule has 0 spiro atoms. The first-order chi connectivity index (χ1) is 7.72. The molecule has 7 heteroatoms. The van der Waals surface area contributed by atoms with Crippen LogP contribution in [-0.2, 0) is 6.54 Å². The van der Waals surface area contributed by atoms with Gasteiger partial charge in [-0.15, -0.1) is 10.2 Å². The Morgan fingerprint density at radius 2 is 2.19 bits per heavy atom. The van der Waals surface area contributed by atoms with Gasteiger partial charge in [0.25, 0.3) is 0 Å². The topological polar surface area (TPSA) is 60.7 Å². The Labute approximate surface area is 99.8 Å². The molecule has 16 heavy (non-hydrogen) atoms. The summed E-state index contributed by atoms with van der Waals surface area (Å²) in [6.07, 6.45) is 2.45. The molecule has 0 N–H and O–H groups in total. The van der Waals surface area contributed by atoms with Gasteiger partial charge in [-0.2, -0.15) is 5.10 Å². The Kier molecular flexibility index (Phi) is 2.36. The van der Waals surface area contributed by atoms with E-state index in [9.17, 15) is 4.79 Å². The molecular formula is C9H10N4OS2. The normalized spacial score (nSPS) is 15.6. The van der Waals surface area contributed by atoms with Crippen molar-refractivity contribution in [3.05, 3.63) is 24.7 Å². The van der Waals surface area contributed by atoms with Gasteiger partial charge < -0.3 is 0 Å². The molecule has 1 aliphatic carbocycles. The average molecular weight is 254 g/mol. The van der Waals surface area contributed by atoms with Crippen molar-refractivity contribution < 1.29 is 0 Å². The molecule has 0 atom stereocenters. The molecule has 0 aromatic carbocycles. The van der Waals surface area contributed by atoms with Gasteiger partial charge in [0.1, 0.15) is 15.0 Å². The molecule has 1 aliphatic rings. The molecule has 0 amide bonds. The third-order valence-corrected chi connectivity index (χ3v) is 4.23. The highest BCUT2D eigenvalue weighted by atomic mass is 32.1. The summed E-state index contributed by atoms with van der Waals surface area (Å²) < 4.78 is 1.46. The van der Waals surface area contributed by atoms with Crippen molar-refractivity contribution in [3.8, 4) is 0 Å². The molecule has 0 aliphatic heterocycles. The van der Waals surface area contributed by atoms with Crippen LogP contribution in [-0.4, -0.2) is 20.0 Å². The molecule has 84 valence electrons. The van der Waals surface area contributed by atoms with Gasteiger partial charge in [0, 0.05) is 5.92 Å². The zero-order valence-corrected chi connectivity index (χ0v) is 10.3. The summed E-state index contributed by atoms with van der Waals surface area (Å²) in [6.45, 7) is 2.28. The highest BCUT2D eigenvalue weighted by molar-refractivity contribution is 7.11. The predicted molar refractivity (Wildman–Crippen MR) is 62.1 cm³/mol. The van der Waals surface area contributed by atoms with Crippen molar-refractivity contribution in [2.75, 3.05) is 0 Å². The summed E-state index contributed by atoms with van der Waals surface area (Å²) in [6, 6.07) is 0. The van der Waals surface area contributed by atoms with Crippen LogP contribution < -0.4 is 4.87 Å². The number of nitrogens with zero attached hydrogens (tertiary/aromatic N) is 4. The summed E-state index contributed by atoms with van der Waals surface area (Å²) in [7, 11) is 0. The molecule has 3 rings (SSSR count). The van der Waals surface area contributed by atoms with Crippen molar-refractivity contribution in [1.29, 1.82) is 0 Å². The standard InChI is InChI=1S/C9H10N4OS2/c1-5-12-13(9(14)15-5)4-7-10-11-8(16-7)6-2-3-6/h6H,2-4H2,1H3. The Hall–Kier alpha value is -1.08. The fourth-order valence-corrected chi connectivity index (χ4v) is 3.06. The molecule has 2 heterocycles. The van der Waals surface area contributed by atoms with Crippen LogP contribution in [0.5, 0.6) is 0 Å². The maximum absolute atomic E-state index is 11.5. The first-order valence-electron chi connectivity index (χ1n) is 5.09. The molecule has 5 nitrogen and oxygen atoms in total. The van der Waals surface area contributed by atoms with Gasteiger partial charge in [0.2, 0.25) is 0 Å². The first-order valence-corrected chi connectivity index (χ1v) is 6.72. The molecule has 0 bridgehead atoms. The van der Waals surface area contributed by atoms with E-state index in [1.807, 2.05) is 6.92 Å². The lowest BCUT2D eigenvalue weighted by atomic mass is 10.5. The van der Waals surface area contributed by atoms with E-state index in [0.717, 1.165) is 15.0 Å². The number of aromatic nitrogens is 4. The summed E-state index contributed by atoms with van der Waals surface area (Å²) >= 11 is 2.77. The second kappa shape index (κ2) is 3.74. The maximum atomic E-state index is 11.5. The fraction of sp³-hybridized carbons (Fsp3) is 0.556. The quantitative estimate of drug-likeness (QED) is 0.830. The van der Waals surface area contributed by atoms with Crippen LogP contribution in [0, 0.1) is 6.92 Å². The predicted octanol–water partition coefficient (Wildman–Crippen LogP) is 1.39. The highest BCUT2D eigenvalue weighted by Crippen LogP contribution is 2.41. The molecule has 1 saturated carbocycles. The van der Waals surface area contributed by atoms with Crippen molar-refractivity contribution >= 4 is 22.7 Å². The van der Waals surface area contributed by atoms with E-state index in [-0.39, 0.29) is 4.87 Å². The highest BCUT2D eigenvalue weighted by Gasteiger charge is 2.27. The zero-order chi connectivity index (χ0) is 11.1. The third kappa shape index (κ3) is 1.92. The summed E-state index contributed by atoms with van der Waals surface area (Å²) in [5, 5.41) is 15.1. The van der Waals surface area contributed by atoms with Crippen LogP contribution in [0.25, 0.3) is 0 Å². The summed E-state index contributed by atoms with van der Waals surface area (Å²) in [4.78, 5) is 11.4. The van der Waals surface area contributed by atoms with E-state index >= 15 is 0 Å². The molecule has 0 unspecified atom stereocenters. The van der Waals surface area contributed by atoms with E-state index in [1.54, 1.807) is 11.3 Å². The number of aryl methyl sites for hydroxylation is 1. The Bertz CT molecular complexity index is 566. The molecular weight excluding hydrogens is 244 g/mol. The van der Waals surface area contributed by atoms with E-state index < -0.39 is 0 Å². The van der Waals surface area contributed by atoms with Crippen molar-refractivity contribution in [1.82, 2.24) is 20.0 Å².